The first-order valence-corrected chi connectivity index (χ1v) is 9.98. The summed E-state index contributed by atoms with van der Waals surface area (Å²) < 4.78 is 8.43. The summed E-state index contributed by atoms with van der Waals surface area (Å²) in [6.07, 6.45) is 1.91. The van der Waals surface area contributed by atoms with Crippen molar-refractivity contribution >= 4 is 27.4 Å². The number of ether oxygens (including phenoxy) is 1. The van der Waals surface area contributed by atoms with Crippen LogP contribution in [0, 0.1) is 0 Å². The van der Waals surface area contributed by atoms with Crippen molar-refractivity contribution in [3.63, 3.8) is 0 Å². The van der Waals surface area contributed by atoms with Gasteiger partial charge >= 0.3 is 0 Å². The largest absolute Gasteiger partial charge is 0.377 e. The fourth-order valence-electron chi connectivity index (χ4n) is 3.41. The van der Waals surface area contributed by atoms with Crippen molar-refractivity contribution in [2.24, 2.45) is 4.99 Å². The van der Waals surface area contributed by atoms with E-state index in [1.165, 1.54) is 15.6 Å². The summed E-state index contributed by atoms with van der Waals surface area (Å²) in [5.74, 6) is 2.60. The Kier molecular flexibility index (Phi) is 5.35. The molecule has 8 heteroatoms. The maximum Gasteiger partial charge on any atom is 0.191 e. The van der Waals surface area contributed by atoms with Crippen LogP contribution in [0.1, 0.15) is 23.6 Å². The van der Waals surface area contributed by atoms with Crippen molar-refractivity contribution in [3.8, 4) is 0 Å². The molecule has 7 nitrogen and oxygen atoms in total. The zero-order valence-electron chi connectivity index (χ0n) is 15.6. The van der Waals surface area contributed by atoms with E-state index in [1.54, 1.807) is 18.4 Å². The number of rotatable bonds is 5. The highest BCUT2D eigenvalue weighted by atomic mass is 32.1. The molecule has 0 saturated heterocycles. The van der Waals surface area contributed by atoms with Gasteiger partial charge < -0.3 is 15.4 Å². The van der Waals surface area contributed by atoms with Gasteiger partial charge in [0, 0.05) is 37.9 Å². The van der Waals surface area contributed by atoms with E-state index in [1.807, 2.05) is 11.7 Å². The third-order valence-corrected chi connectivity index (χ3v) is 5.76. The van der Waals surface area contributed by atoms with Crippen LogP contribution >= 0.6 is 11.3 Å². The number of nitrogens with one attached hydrogen (secondary N) is 2. The molecular weight excluding hydrogens is 360 g/mol. The molecule has 0 bridgehead atoms. The highest BCUT2D eigenvalue weighted by molar-refractivity contribution is 7.17. The van der Waals surface area contributed by atoms with Crippen molar-refractivity contribution in [1.82, 2.24) is 25.4 Å². The van der Waals surface area contributed by atoms with Gasteiger partial charge in [-0.1, -0.05) is 18.2 Å². The van der Waals surface area contributed by atoms with Crippen LogP contribution in [0.2, 0.25) is 0 Å². The molecule has 2 aromatic heterocycles. The van der Waals surface area contributed by atoms with Crippen LogP contribution in [0.15, 0.2) is 34.6 Å². The lowest BCUT2D eigenvalue weighted by molar-refractivity contribution is 0.177. The Morgan fingerprint density at radius 2 is 2.30 bits per heavy atom. The average Bonchev–Trinajstić information content (AvgIpc) is 3.28. The number of benzene rings is 1. The molecule has 3 aromatic rings. The number of hydrogen-bond donors (Lipinski definition) is 2. The van der Waals surface area contributed by atoms with Gasteiger partial charge in [0.1, 0.15) is 12.4 Å². The second-order valence-corrected chi connectivity index (χ2v) is 7.53. The number of thiophene rings is 1. The quantitative estimate of drug-likeness (QED) is 0.522. The summed E-state index contributed by atoms with van der Waals surface area (Å²) in [7, 11) is 3.47. The molecule has 0 aliphatic carbocycles. The number of nitrogens with zero attached hydrogens (tertiary/aromatic N) is 4. The predicted molar refractivity (Wildman–Crippen MR) is 108 cm³/mol. The lowest BCUT2D eigenvalue weighted by Gasteiger charge is -2.25. The molecule has 1 unspecified atom stereocenters. The van der Waals surface area contributed by atoms with E-state index in [-0.39, 0.29) is 6.04 Å². The summed E-state index contributed by atoms with van der Waals surface area (Å²) in [5, 5.41) is 15.0. The van der Waals surface area contributed by atoms with E-state index in [0.29, 0.717) is 6.61 Å². The fourth-order valence-corrected chi connectivity index (χ4v) is 4.37. The van der Waals surface area contributed by atoms with Crippen molar-refractivity contribution in [1.29, 1.82) is 0 Å². The number of aryl methyl sites for hydroxylation is 1. The fraction of sp³-hybridized carbons (Fsp3) is 0.421. The Balaban J connectivity index is 1.36. The molecule has 4 rings (SSSR count). The first-order valence-electron chi connectivity index (χ1n) is 9.10. The molecule has 0 spiro atoms. The van der Waals surface area contributed by atoms with Gasteiger partial charge in [0.2, 0.25) is 0 Å². The molecule has 1 aliphatic heterocycles. The van der Waals surface area contributed by atoms with Gasteiger partial charge in [0.25, 0.3) is 0 Å². The molecule has 1 atom stereocenters. The molecule has 27 heavy (non-hydrogen) atoms. The highest BCUT2D eigenvalue weighted by Gasteiger charge is 2.22. The molecule has 3 heterocycles. The lowest BCUT2D eigenvalue weighted by atomic mass is 10.1. The molecule has 0 saturated carbocycles. The summed E-state index contributed by atoms with van der Waals surface area (Å²) in [5.41, 5.74) is 1.30. The van der Waals surface area contributed by atoms with Crippen LogP contribution in [-0.2, 0) is 30.9 Å². The summed E-state index contributed by atoms with van der Waals surface area (Å²) in [6.45, 7) is 1.99. The molecule has 142 valence electrons. The van der Waals surface area contributed by atoms with Crippen molar-refractivity contribution < 1.29 is 4.74 Å². The van der Waals surface area contributed by atoms with E-state index in [0.717, 1.165) is 43.5 Å². The van der Waals surface area contributed by atoms with Gasteiger partial charge in [-0.3, -0.25) is 4.99 Å². The topological polar surface area (TPSA) is 76.4 Å². The summed E-state index contributed by atoms with van der Waals surface area (Å²) >= 11 is 1.78. The van der Waals surface area contributed by atoms with Crippen LogP contribution in [0.5, 0.6) is 0 Å². The SMILES string of the molecule is CN=C(NCc1csc2ccccc12)NC1CCc2nc(COC)nn2C1. The molecule has 0 radical (unpaired) electrons. The molecular formula is C19H24N6OS. The molecule has 2 N–H and O–H groups in total. The van der Waals surface area contributed by atoms with Crippen molar-refractivity contribution in [2.45, 2.75) is 38.6 Å². The number of methoxy groups -OCH3 is 1. The van der Waals surface area contributed by atoms with E-state index in [2.05, 4.69) is 55.4 Å². The molecule has 1 aliphatic rings. The van der Waals surface area contributed by atoms with Gasteiger partial charge in [-0.05, 0) is 28.8 Å². The normalized spacial score (nSPS) is 17.1. The first-order chi connectivity index (χ1) is 13.3. The third kappa shape index (κ3) is 3.96. The van der Waals surface area contributed by atoms with E-state index in [9.17, 15) is 0 Å². The van der Waals surface area contributed by atoms with Crippen molar-refractivity contribution in [2.75, 3.05) is 14.2 Å². The Hall–Kier alpha value is -2.45. The van der Waals surface area contributed by atoms with Gasteiger partial charge in [0.05, 0.1) is 6.54 Å². The Labute approximate surface area is 162 Å². The Morgan fingerprint density at radius 1 is 1.41 bits per heavy atom. The average molecular weight is 385 g/mol. The van der Waals surface area contributed by atoms with Crippen LogP contribution in [0.25, 0.3) is 10.1 Å². The molecule has 0 fully saturated rings. The van der Waals surface area contributed by atoms with Crippen LogP contribution in [0.3, 0.4) is 0 Å². The minimum absolute atomic E-state index is 0.278. The van der Waals surface area contributed by atoms with Crippen LogP contribution in [-0.4, -0.2) is 40.9 Å². The second kappa shape index (κ2) is 8.06. The maximum atomic E-state index is 5.13. The molecule has 0 amide bonds. The number of aromatic nitrogens is 3. The third-order valence-electron chi connectivity index (χ3n) is 4.75. The van der Waals surface area contributed by atoms with Gasteiger partial charge in [-0.2, -0.15) is 5.10 Å². The maximum absolute atomic E-state index is 5.13. The van der Waals surface area contributed by atoms with Gasteiger partial charge in [-0.25, -0.2) is 9.67 Å². The van der Waals surface area contributed by atoms with Gasteiger partial charge in [-0.15, -0.1) is 11.3 Å². The van der Waals surface area contributed by atoms with E-state index >= 15 is 0 Å². The number of guanidine groups is 1. The second-order valence-electron chi connectivity index (χ2n) is 6.62. The number of hydrogen-bond acceptors (Lipinski definition) is 5. The van der Waals surface area contributed by atoms with E-state index < -0.39 is 0 Å². The minimum Gasteiger partial charge on any atom is -0.377 e. The summed E-state index contributed by atoms with van der Waals surface area (Å²) in [6, 6.07) is 8.77. The molecule has 1 aromatic carbocycles. The lowest BCUT2D eigenvalue weighted by Crippen LogP contribution is -2.46. The van der Waals surface area contributed by atoms with Crippen LogP contribution < -0.4 is 10.6 Å². The summed E-state index contributed by atoms with van der Waals surface area (Å²) in [4.78, 5) is 8.91. The standard InChI is InChI=1S/C19H24N6OS/c1-20-19(21-9-13-12-27-16-6-4-3-5-15(13)16)22-14-7-8-18-23-17(11-26-2)24-25(18)10-14/h3-6,12,14H,7-11H2,1-2H3,(H2,20,21,22). The predicted octanol–water partition coefficient (Wildman–Crippen LogP) is 2.32. The number of fused-ring (bicyclic) bond motifs is 2. The first kappa shape index (κ1) is 17.9. The Bertz CT molecular complexity index is 947. The van der Waals surface area contributed by atoms with E-state index in [4.69, 9.17) is 4.74 Å². The smallest absolute Gasteiger partial charge is 0.191 e. The monoisotopic (exact) mass is 384 g/mol. The minimum atomic E-state index is 0.278. The number of aliphatic imine (C=N–C) groups is 1. The van der Waals surface area contributed by atoms with Crippen molar-refractivity contribution in [3.05, 3.63) is 46.9 Å². The zero-order valence-corrected chi connectivity index (χ0v) is 16.4. The highest BCUT2D eigenvalue weighted by Crippen LogP contribution is 2.25. The zero-order chi connectivity index (χ0) is 18.6. The van der Waals surface area contributed by atoms with Gasteiger partial charge in [0.15, 0.2) is 11.8 Å². The van der Waals surface area contributed by atoms with Crippen LogP contribution in [0.4, 0.5) is 0 Å². The Morgan fingerprint density at radius 3 is 3.15 bits per heavy atom.